The second kappa shape index (κ2) is 7.75. The van der Waals surface area contributed by atoms with E-state index in [4.69, 9.17) is 0 Å². The summed E-state index contributed by atoms with van der Waals surface area (Å²) in [5.74, 6) is 0.503. The minimum atomic E-state index is -0.548. The number of nitrogens with one attached hydrogen (secondary N) is 2. The van der Waals surface area contributed by atoms with Gasteiger partial charge in [0, 0.05) is 30.7 Å². The van der Waals surface area contributed by atoms with Crippen LogP contribution in [-0.4, -0.2) is 55.7 Å². The number of H-pyrrole nitrogens is 1. The molecule has 8 nitrogen and oxygen atoms in total. The maximum Gasteiger partial charge on any atom is 0.245 e. The summed E-state index contributed by atoms with van der Waals surface area (Å²) in [6.45, 7) is 8.15. The Bertz CT molecular complexity index is 989. The number of piperazine rings is 1. The molecule has 29 heavy (non-hydrogen) atoms. The Hall–Kier alpha value is -3.07. The predicted octanol–water partition coefficient (Wildman–Crippen LogP) is 2.60. The normalized spacial score (nSPS) is 19.7. The van der Waals surface area contributed by atoms with Gasteiger partial charge in [-0.1, -0.05) is 19.9 Å². The number of aromatic hydroxyl groups is 1. The molecule has 9 heteroatoms. The van der Waals surface area contributed by atoms with Crippen LogP contribution in [-0.2, 0) is 0 Å². The lowest BCUT2D eigenvalue weighted by molar-refractivity contribution is 0.319. The maximum absolute atomic E-state index is 13.7. The Balaban J connectivity index is 1.56. The van der Waals surface area contributed by atoms with Crippen LogP contribution < -0.4 is 10.2 Å². The molecule has 152 valence electrons. The molecule has 3 heterocycles. The summed E-state index contributed by atoms with van der Waals surface area (Å²) < 4.78 is 13.7. The smallest absolute Gasteiger partial charge is 0.245 e. The van der Waals surface area contributed by atoms with Crippen molar-refractivity contribution in [2.24, 2.45) is 5.92 Å². The number of phenols is 1. The van der Waals surface area contributed by atoms with Crippen molar-refractivity contribution in [3.8, 4) is 28.1 Å². The Labute approximate surface area is 168 Å². The third-order valence-electron chi connectivity index (χ3n) is 5.22. The fourth-order valence-electron chi connectivity index (χ4n) is 3.60. The number of hydrogen-bond acceptors (Lipinski definition) is 7. The first-order chi connectivity index (χ1) is 13.9. The van der Waals surface area contributed by atoms with Gasteiger partial charge in [-0.15, -0.1) is 10.2 Å². The van der Waals surface area contributed by atoms with E-state index in [2.05, 4.69) is 56.4 Å². The Morgan fingerprint density at radius 1 is 1.17 bits per heavy atom. The number of anilines is 1. The largest absolute Gasteiger partial charge is 0.507 e. The van der Waals surface area contributed by atoms with Crippen LogP contribution in [0.25, 0.3) is 22.4 Å². The van der Waals surface area contributed by atoms with Crippen LogP contribution in [0.1, 0.15) is 20.8 Å². The monoisotopic (exact) mass is 397 g/mol. The van der Waals surface area contributed by atoms with Gasteiger partial charge >= 0.3 is 0 Å². The number of phenolic OH excluding ortho intramolecular Hbond substituents is 1. The van der Waals surface area contributed by atoms with Crippen molar-refractivity contribution < 1.29 is 9.50 Å². The molecule has 0 amide bonds. The number of aromatic nitrogens is 5. The van der Waals surface area contributed by atoms with Gasteiger partial charge in [-0.05, 0) is 30.5 Å². The second-order valence-corrected chi connectivity index (χ2v) is 7.80. The highest BCUT2D eigenvalue weighted by atomic mass is 19.1. The van der Waals surface area contributed by atoms with Gasteiger partial charge in [0.15, 0.2) is 0 Å². The van der Waals surface area contributed by atoms with Crippen molar-refractivity contribution in [2.45, 2.75) is 32.9 Å². The molecule has 1 saturated heterocycles. The van der Waals surface area contributed by atoms with Crippen LogP contribution in [0.2, 0.25) is 0 Å². The predicted molar refractivity (Wildman–Crippen MR) is 108 cm³/mol. The van der Waals surface area contributed by atoms with Crippen molar-refractivity contribution in [1.82, 2.24) is 30.7 Å². The van der Waals surface area contributed by atoms with E-state index in [0.29, 0.717) is 46.3 Å². The lowest BCUT2D eigenvalue weighted by Crippen LogP contribution is -2.57. The zero-order valence-electron chi connectivity index (χ0n) is 16.6. The number of rotatable bonds is 4. The van der Waals surface area contributed by atoms with Gasteiger partial charge in [-0.25, -0.2) is 4.98 Å². The topological polar surface area (TPSA) is 103 Å². The number of aromatic amines is 1. The summed E-state index contributed by atoms with van der Waals surface area (Å²) in [6.07, 6.45) is 2.98. The second-order valence-electron chi connectivity index (χ2n) is 7.80. The van der Waals surface area contributed by atoms with E-state index >= 15 is 0 Å². The van der Waals surface area contributed by atoms with E-state index in [1.807, 2.05) is 0 Å². The first-order valence-electron chi connectivity index (χ1n) is 9.65. The van der Waals surface area contributed by atoms with E-state index < -0.39 is 5.95 Å². The van der Waals surface area contributed by atoms with Gasteiger partial charge in [0.2, 0.25) is 11.9 Å². The third kappa shape index (κ3) is 3.91. The SMILES string of the molecule is CC(C)C1CN(c2ncc(-c3ccc(-c4cn[nH]c4F)cc3O)nn2)C[C@@H](C)N1. The van der Waals surface area contributed by atoms with E-state index in [-0.39, 0.29) is 5.75 Å². The lowest BCUT2D eigenvalue weighted by Gasteiger charge is -2.39. The molecule has 0 aliphatic carbocycles. The van der Waals surface area contributed by atoms with Crippen LogP contribution in [0.3, 0.4) is 0 Å². The molecular weight excluding hydrogens is 373 g/mol. The van der Waals surface area contributed by atoms with Gasteiger partial charge in [0.1, 0.15) is 11.4 Å². The molecule has 0 bridgehead atoms. The van der Waals surface area contributed by atoms with E-state index in [1.54, 1.807) is 18.3 Å². The summed E-state index contributed by atoms with van der Waals surface area (Å²) in [7, 11) is 0. The molecule has 3 N–H and O–H groups in total. The highest BCUT2D eigenvalue weighted by Gasteiger charge is 2.27. The van der Waals surface area contributed by atoms with Gasteiger partial charge in [0.25, 0.3) is 0 Å². The molecule has 1 aliphatic rings. The molecular formula is C20H24FN7O. The summed E-state index contributed by atoms with van der Waals surface area (Å²) in [4.78, 5) is 6.61. The fourth-order valence-corrected chi connectivity index (χ4v) is 3.60. The zero-order valence-corrected chi connectivity index (χ0v) is 16.6. The zero-order chi connectivity index (χ0) is 20.5. The Morgan fingerprint density at radius 3 is 2.62 bits per heavy atom. The van der Waals surface area contributed by atoms with Gasteiger partial charge in [-0.3, -0.25) is 5.10 Å². The number of halogens is 1. The van der Waals surface area contributed by atoms with Crippen LogP contribution >= 0.6 is 0 Å². The fraction of sp³-hybridized carbons (Fsp3) is 0.400. The van der Waals surface area contributed by atoms with E-state index in [0.717, 1.165) is 13.1 Å². The highest BCUT2D eigenvalue weighted by Crippen LogP contribution is 2.32. The van der Waals surface area contributed by atoms with Crippen molar-refractivity contribution in [2.75, 3.05) is 18.0 Å². The summed E-state index contributed by atoms with van der Waals surface area (Å²) in [5, 5.41) is 28.5. The first-order valence-corrected chi connectivity index (χ1v) is 9.65. The quantitative estimate of drug-likeness (QED) is 0.622. The Morgan fingerprint density at radius 2 is 2.00 bits per heavy atom. The van der Waals surface area contributed by atoms with Crippen molar-refractivity contribution in [3.63, 3.8) is 0 Å². The summed E-state index contributed by atoms with van der Waals surface area (Å²) in [6, 6.07) is 5.54. The Kier molecular flexibility index (Phi) is 5.14. The molecule has 1 aliphatic heterocycles. The minimum absolute atomic E-state index is 0.0254. The van der Waals surface area contributed by atoms with Crippen LogP contribution in [0.5, 0.6) is 5.75 Å². The van der Waals surface area contributed by atoms with Crippen molar-refractivity contribution >= 4 is 5.95 Å². The maximum atomic E-state index is 13.7. The molecule has 4 rings (SSSR count). The summed E-state index contributed by atoms with van der Waals surface area (Å²) in [5.41, 5.74) is 1.75. The molecule has 1 unspecified atom stereocenters. The van der Waals surface area contributed by atoms with Crippen molar-refractivity contribution in [1.29, 1.82) is 0 Å². The molecule has 1 fully saturated rings. The van der Waals surface area contributed by atoms with E-state index in [1.165, 1.54) is 12.3 Å². The molecule has 2 atom stereocenters. The van der Waals surface area contributed by atoms with Gasteiger partial charge < -0.3 is 15.3 Å². The summed E-state index contributed by atoms with van der Waals surface area (Å²) >= 11 is 0. The highest BCUT2D eigenvalue weighted by molar-refractivity contribution is 5.73. The molecule has 1 aromatic carbocycles. The van der Waals surface area contributed by atoms with Gasteiger partial charge in [-0.2, -0.15) is 9.49 Å². The average Bonchev–Trinajstić information content (AvgIpc) is 3.13. The van der Waals surface area contributed by atoms with Crippen LogP contribution in [0.15, 0.2) is 30.6 Å². The van der Waals surface area contributed by atoms with Gasteiger partial charge in [0.05, 0.1) is 18.0 Å². The first kappa shape index (κ1) is 19.3. The minimum Gasteiger partial charge on any atom is -0.507 e. The van der Waals surface area contributed by atoms with Crippen LogP contribution in [0.4, 0.5) is 10.3 Å². The molecule has 0 saturated carbocycles. The average molecular weight is 397 g/mol. The van der Waals surface area contributed by atoms with Crippen molar-refractivity contribution in [3.05, 3.63) is 36.5 Å². The lowest BCUT2D eigenvalue weighted by atomic mass is 10.00. The molecule has 2 aromatic heterocycles. The number of benzene rings is 1. The number of hydrogen-bond donors (Lipinski definition) is 3. The third-order valence-corrected chi connectivity index (χ3v) is 5.22. The standard InChI is InChI=1S/C20H24FN7O/c1-11(2)17-10-28(9-12(3)24-17)20-22-8-16(25-27-20)14-5-4-13(6-18(14)29)15-7-23-26-19(15)21/h4-8,11-12,17,24,29H,9-10H2,1-3H3,(H,23,26)/t12-,17?/m1/s1. The van der Waals surface area contributed by atoms with Crippen LogP contribution in [0, 0.1) is 11.9 Å². The number of nitrogens with zero attached hydrogens (tertiary/aromatic N) is 5. The molecule has 0 radical (unpaired) electrons. The molecule has 3 aromatic rings. The molecule has 0 spiro atoms. The van der Waals surface area contributed by atoms with E-state index in [9.17, 15) is 9.50 Å².